The summed E-state index contributed by atoms with van der Waals surface area (Å²) in [6.45, 7) is 2.23. The fraction of sp³-hybridized carbons (Fsp3) is 0.462. The summed E-state index contributed by atoms with van der Waals surface area (Å²) >= 11 is 3.38. The second-order valence-electron chi connectivity index (χ2n) is 4.35. The molecule has 1 unspecified atom stereocenters. The van der Waals surface area contributed by atoms with E-state index in [2.05, 4.69) is 15.9 Å². The van der Waals surface area contributed by atoms with Crippen molar-refractivity contribution in [3.63, 3.8) is 0 Å². The van der Waals surface area contributed by atoms with Gasteiger partial charge >= 0.3 is 0 Å². The van der Waals surface area contributed by atoms with Crippen LogP contribution in [0.4, 0.5) is 0 Å². The molecule has 0 aliphatic carbocycles. The summed E-state index contributed by atoms with van der Waals surface area (Å²) in [5.74, 6) is 0.121. The Morgan fingerprint density at radius 2 is 2.17 bits per heavy atom. The molecular formula is C13H17BrN2O2. The number of benzene rings is 1. The zero-order valence-electron chi connectivity index (χ0n) is 10.1. The highest BCUT2D eigenvalue weighted by Crippen LogP contribution is 2.13. The molecule has 1 atom stereocenters. The number of carbonyl (C=O) groups excluding carboxylic acids is 1. The number of rotatable bonds is 3. The molecule has 1 saturated heterocycles. The standard InChI is InChI=1S/C13H17BrN2O2/c14-11-3-1-10(2-4-11)7-13(17)16-5-6-18-9-12(16)8-15/h1-4,12H,5-9,15H2. The topological polar surface area (TPSA) is 55.6 Å². The number of hydrogen-bond donors (Lipinski definition) is 1. The number of morpholine rings is 1. The maximum Gasteiger partial charge on any atom is 0.227 e. The SMILES string of the molecule is NCC1COCCN1C(=O)Cc1ccc(Br)cc1. The van der Waals surface area contributed by atoms with Crippen LogP contribution in [0.2, 0.25) is 0 Å². The Kier molecular flexibility index (Phi) is 4.74. The molecular weight excluding hydrogens is 296 g/mol. The Morgan fingerprint density at radius 3 is 2.83 bits per heavy atom. The third kappa shape index (κ3) is 3.31. The zero-order valence-corrected chi connectivity index (χ0v) is 11.7. The first-order chi connectivity index (χ1) is 8.70. The molecule has 0 spiro atoms. The summed E-state index contributed by atoms with van der Waals surface area (Å²) in [7, 11) is 0. The van der Waals surface area contributed by atoms with Crippen LogP contribution in [0.1, 0.15) is 5.56 Å². The van der Waals surface area contributed by atoms with E-state index in [0.29, 0.717) is 32.7 Å². The van der Waals surface area contributed by atoms with E-state index in [-0.39, 0.29) is 11.9 Å². The number of nitrogens with zero attached hydrogens (tertiary/aromatic N) is 1. The minimum absolute atomic E-state index is 0.0155. The van der Waals surface area contributed by atoms with Crippen molar-refractivity contribution in [2.24, 2.45) is 5.73 Å². The van der Waals surface area contributed by atoms with Crippen LogP contribution >= 0.6 is 15.9 Å². The average molecular weight is 313 g/mol. The molecule has 1 aromatic carbocycles. The number of amides is 1. The first-order valence-corrected chi connectivity index (χ1v) is 6.81. The minimum atomic E-state index is 0.0155. The molecule has 1 heterocycles. The van der Waals surface area contributed by atoms with Crippen LogP contribution in [0.5, 0.6) is 0 Å². The van der Waals surface area contributed by atoms with E-state index >= 15 is 0 Å². The maximum atomic E-state index is 12.2. The summed E-state index contributed by atoms with van der Waals surface area (Å²) in [6, 6.07) is 7.83. The molecule has 1 fully saturated rings. The zero-order chi connectivity index (χ0) is 13.0. The van der Waals surface area contributed by atoms with Crippen LogP contribution < -0.4 is 5.73 Å². The van der Waals surface area contributed by atoms with E-state index < -0.39 is 0 Å². The summed E-state index contributed by atoms with van der Waals surface area (Å²) < 4.78 is 6.36. The summed E-state index contributed by atoms with van der Waals surface area (Å²) in [5, 5.41) is 0. The lowest BCUT2D eigenvalue weighted by Crippen LogP contribution is -2.52. The van der Waals surface area contributed by atoms with Crippen LogP contribution in [-0.2, 0) is 16.0 Å². The number of halogens is 1. The Labute approximate surface area is 115 Å². The molecule has 1 aliphatic heterocycles. The van der Waals surface area contributed by atoms with Crippen LogP contribution in [0, 0.1) is 0 Å². The van der Waals surface area contributed by atoms with E-state index in [0.717, 1.165) is 10.0 Å². The van der Waals surface area contributed by atoms with Gasteiger partial charge < -0.3 is 15.4 Å². The van der Waals surface area contributed by atoms with Crippen molar-refractivity contribution in [2.75, 3.05) is 26.3 Å². The van der Waals surface area contributed by atoms with E-state index in [1.165, 1.54) is 0 Å². The van der Waals surface area contributed by atoms with Crippen LogP contribution in [-0.4, -0.2) is 43.2 Å². The lowest BCUT2D eigenvalue weighted by molar-refractivity contribution is -0.138. The van der Waals surface area contributed by atoms with Gasteiger partial charge in [-0.1, -0.05) is 28.1 Å². The predicted octanol–water partition coefficient (Wildman–Crippen LogP) is 1.18. The Hall–Kier alpha value is -0.910. The third-order valence-electron chi connectivity index (χ3n) is 3.09. The van der Waals surface area contributed by atoms with Crippen LogP contribution in [0.25, 0.3) is 0 Å². The van der Waals surface area contributed by atoms with Gasteiger partial charge in [0.25, 0.3) is 0 Å². The molecule has 5 heteroatoms. The molecule has 98 valence electrons. The van der Waals surface area contributed by atoms with Gasteiger partial charge in [0.15, 0.2) is 0 Å². The molecule has 1 amide bonds. The fourth-order valence-corrected chi connectivity index (χ4v) is 2.32. The molecule has 1 aromatic rings. The number of ether oxygens (including phenoxy) is 1. The maximum absolute atomic E-state index is 12.2. The molecule has 1 aliphatic rings. The number of hydrogen-bond acceptors (Lipinski definition) is 3. The molecule has 4 nitrogen and oxygen atoms in total. The van der Waals surface area contributed by atoms with Crippen molar-refractivity contribution < 1.29 is 9.53 Å². The fourth-order valence-electron chi connectivity index (χ4n) is 2.06. The molecule has 0 bridgehead atoms. The first kappa shape index (κ1) is 13.5. The van der Waals surface area contributed by atoms with Gasteiger partial charge in [0.05, 0.1) is 25.7 Å². The van der Waals surface area contributed by atoms with Crippen molar-refractivity contribution in [1.29, 1.82) is 0 Å². The lowest BCUT2D eigenvalue weighted by Gasteiger charge is -2.35. The molecule has 0 radical (unpaired) electrons. The highest BCUT2D eigenvalue weighted by molar-refractivity contribution is 9.10. The third-order valence-corrected chi connectivity index (χ3v) is 3.62. The minimum Gasteiger partial charge on any atom is -0.377 e. The highest BCUT2D eigenvalue weighted by atomic mass is 79.9. The van der Waals surface area contributed by atoms with E-state index in [1.807, 2.05) is 29.2 Å². The second-order valence-corrected chi connectivity index (χ2v) is 5.27. The van der Waals surface area contributed by atoms with Gasteiger partial charge in [-0.2, -0.15) is 0 Å². The van der Waals surface area contributed by atoms with Crippen molar-refractivity contribution in [1.82, 2.24) is 4.90 Å². The van der Waals surface area contributed by atoms with Crippen molar-refractivity contribution in [3.05, 3.63) is 34.3 Å². The smallest absolute Gasteiger partial charge is 0.227 e. The molecule has 0 aromatic heterocycles. The quantitative estimate of drug-likeness (QED) is 0.912. The predicted molar refractivity (Wildman–Crippen MR) is 73.2 cm³/mol. The number of carbonyl (C=O) groups is 1. The second kappa shape index (κ2) is 6.31. The largest absolute Gasteiger partial charge is 0.377 e. The van der Waals surface area contributed by atoms with Gasteiger partial charge in [-0.25, -0.2) is 0 Å². The van der Waals surface area contributed by atoms with Gasteiger partial charge in [0.2, 0.25) is 5.91 Å². The Bertz CT molecular complexity index is 408. The molecule has 0 saturated carbocycles. The van der Waals surface area contributed by atoms with Crippen LogP contribution in [0.3, 0.4) is 0 Å². The van der Waals surface area contributed by atoms with Gasteiger partial charge in [0.1, 0.15) is 0 Å². The summed E-state index contributed by atoms with van der Waals surface area (Å²) in [4.78, 5) is 14.1. The normalized spacial score (nSPS) is 19.9. The highest BCUT2D eigenvalue weighted by Gasteiger charge is 2.25. The van der Waals surface area contributed by atoms with Crippen LogP contribution in [0.15, 0.2) is 28.7 Å². The van der Waals surface area contributed by atoms with Gasteiger partial charge in [-0.15, -0.1) is 0 Å². The van der Waals surface area contributed by atoms with Crippen molar-refractivity contribution in [2.45, 2.75) is 12.5 Å². The monoisotopic (exact) mass is 312 g/mol. The van der Waals surface area contributed by atoms with E-state index in [9.17, 15) is 4.79 Å². The Balaban J connectivity index is 2.00. The summed E-state index contributed by atoms with van der Waals surface area (Å²) in [5.41, 5.74) is 6.68. The molecule has 2 rings (SSSR count). The first-order valence-electron chi connectivity index (χ1n) is 6.02. The van der Waals surface area contributed by atoms with E-state index in [1.54, 1.807) is 0 Å². The van der Waals surface area contributed by atoms with Crippen molar-refractivity contribution in [3.8, 4) is 0 Å². The van der Waals surface area contributed by atoms with Gasteiger partial charge in [0, 0.05) is 17.6 Å². The molecule has 18 heavy (non-hydrogen) atoms. The van der Waals surface area contributed by atoms with Gasteiger partial charge in [-0.3, -0.25) is 4.79 Å². The van der Waals surface area contributed by atoms with E-state index in [4.69, 9.17) is 10.5 Å². The lowest BCUT2D eigenvalue weighted by atomic mass is 10.1. The van der Waals surface area contributed by atoms with Gasteiger partial charge in [-0.05, 0) is 17.7 Å². The molecule has 2 N–H and O–H groups in total. The average Bonchev–Trinajstić information content (AvgIpc) is 2.41. The van der Waals surface area contributed by atoms with Crippen molar-refractivity contribution >= 4 is 21.8 Å². The number of nitrogens with two attached hydrogens (primary N) is 1. The summed E-state index contributed by atoms with van der Waals surface area (Å²) in [6.07, 6.45) is 0.420. The Morgan fingerprint density at radius 1 is 1.44 bits per heavy atom.